The van der Waals surface area contributed by atoms with Crippen LogP contribution >= 0.6 is 0 Å². The molecule has 0 bridgehead atoms. The number of anilines is 2. The van der Waals surface area contributed by atoms with Crippen LogP contribution in [-0.2, 0) is 17.7 Å². The molecule has 1 heterocycles. The maximum Gasteiger partial charge on any atom is 0.317 e. The van der Waals surface area contributed by atoms with Gasteiger partial charge in [-0.05, 0) is 48.2 Å². The van der Waals surface area contributed by atoms with E-state index in [9.17, 15) is 9.59 Å². The highest BCUT2D eigenvalue weighted by Gasteiger charge is 2.16. The second-order valence-electron chi connectivity index (χ2n) is 9.43. The van der Waals surface area contributed by atoms with Gasteiger partial charge in [0.2, 0.25) is 0 Å². The van der Waals surface area contributed by atoms with Gasteiger partial charge in [0, 0.05) is 44.8 Å². The number of nitrogens with zero attached hydrogens (tertiary/aromatic N) is 2. The summed E-state index contributed by atoms with van der Waals surface area (Å²) in [4.78, 5) is 30.0. The number of nitrogens with two attached hydrogens (primary N) is 1. The summed E-state index contributed by atoms with van der Waals surface area (Å²) in [5, 5.41) is 5.93. The molecule has 0 unspecified atom stereocenters. The van der Waals surface area contributed by atoms with Gasteiger partial charge in [-0.3, -0.25) is 9.69 Å². The molecular weight excluding hydrogens is 478 g/mol. The Labute approximate surface area is 224 Å². The molecular formula is C30H37N5O3. The Hall–Kier alpha value is -3.88. The van der Waals surface area contributed by atoms with Gasteiger partial charge in [-0.25, -0.2) is 4.79 Å². The van der Waals surface area contributed by atoms with E-state index in [1.165, 1.54) is 5.56 Å². The van der Waals surface area contributed by atoms with Gasteiger partial charge >= 0.3 is 6.03 Å². The molecule has 0 atom stereocenters. The van der Waals surface area contributed by atoms with Crippen LogP contribution in [0.4, 0.5) is 16.2 Å². The molecule has 1 aliphatic heterocycles. The Bertz CT molecular complexity index is 1160. The SMILES string of the molecule is Nc1ccccc1NC(=O)c1ccc(CN(CCCN2CCOCC2)C(=O)NCCc2ccccc2)cc1. The van der Waals surface area contributed by atoms with E-state index < -0.39 is 0 Å². The van der Waals surface area contributed by atoms with Crippen LogP contribution in [0.2, 0.25) is 0 Å². The average molecular weight is 516 g/mol. The molecule has 0 radical (unpaired) electrons. The normalized spacial score (nSPS) is 13.6. The van der Waals surface area contributed by atoms with Gasteiger partial charge in [0.15, 0.2) is 0 Å². The number of hydrogen-bond acceptors (Lipinski definition) is 5. The van der Waals surface area contributed by atoms with Crippen molar-refractivity contribution < 1.29 is 14.3 Å². The van der Waals surface area contributed by atoms with E-state index in [1.807, 2.05) is 47.4 Å². The number of nitrogen functional groups attached to an aromatic ring is 1. The quantitative estimate of drug-likeness (QED) is 0.335. The summed E-state index contributed by atoms with van der Waals surface area (Å²) < 4.78 is 5.44. The maximum atomic E-state index is 13.1. The zero-order valence-electron chi connectivity index (χ0n) is 21.8. The van der Waals surface area contributed by atoms with Gasteiger partial charge in [0.1, 0.15) is 0 Å². The second kappa shape index (κ2) is 14.2. The standard InChI is InChI=1S/C30H37N5O3/c31-27-9-4-5-10-28(27)33-29(36)26-13-11-25(12-14-26)23-35(18-6-17-34-19-21-38-22-20-34)30(37)32-16-15-24-7-2-1-3-8-24/h1-5,7-14H,6,15-23,31H2,(H,32,37)(H,33,36). The molecule has 3 amide bonds. The first-order valence-electron chi connectivity index (χ1n) is 13.2. The zero-order valence-corrected chi connectivity index (χ0v) is 21.8. The van der Waals surface area contributed by atoms with Crippen molar-refractivity contribution in [3.8, 4) is 0 Å². The molecule has 8 heteroatoms. The minimum Gasteiger partial charge on any atom is -0.397 e. The summed E-state index contributed by atoms with van der Waals surface area (Å²) >= 11 is 0. The van der Waals surface area contributed by atoms with Crippen molar-refractivity contribution in [2.24, 2.45) is 0 Å². The molecule has 4 rings (SSSR count). The van der Waals surface area contributed by atoms with Crippen molar-refractivity contribution in [2.75, 3.05) is 57.0 Å². The fraction of sp³-hybridized carbons (Fsp3) is 0.333. The summed E-state index contributed by atoms with van der Waals surface area (Å²) in [7, 11) is 0. The van der Waals surface area contributed by atoms with E-state index >= 15 is 0 Å². The molecule has 200 valence electrons. The first-order chi connectivity index (χ1) is 18.6. The number of carbonyl (C=O) groups excluding carboxylic acids is 2. The number of carbonyl (C=O) groups is 2. The van der Waals surface area contributed by atoms with Crippen LogP contribution < -0.4 is 16.4 Å². The number of morpholine rings is 1. The minimum atomic E-state index is -0.226. The molecule has 4 N–H and O–H groups in total. The third-order valence-electron chi connectivity index (χ3n) is 6.62. The van der Waals surface area contributed by atoms with Crippen LogP contribution in [0, 0.1) is 0 Å². The Morgan fingerprint density at radius 2 is 1.61 bits per heavy atom. The monoisotopic (exact) mass is 515 g/mol. The highest BCUT2D eigenvalue weighted by Crippen LogP contribution is 2.18. The molecule has 0 saturated carbocycles. The predicted molar refractivity (Wildman–Crippen MR) is 151 cm³/mol. The van der Waals surface area contributed by atoms with Crippen LogP contribution in [0.3, 0.4) is 0 Å². The van der Waals surface area contributed by atoms with Gasteiger partial charge in [-0.15, -0.1) is 0 Å². The van der Waals surface area contributed by atoms with Crippen LogP contribution in [-0.4, -0.2) is 67.7 Å². The molecule has 3 aromatic rings. The van der Waals surface area contributed by atoms with E-state index in [1.54, 1.807) is 24.3 Å². The van der Waals surface area contributed by atoms with Crippen molar-refractivity contribution >= 4 is 23.3 Å². The third kappa shape index (κ3) is 8.33. The molecule has 1 aliphatic rings. The Balaban J connectivity index is 1.34. The second-order valence-corrected chi connectivity index (χ2v) is 9.43. The lowest BCUT2D eigenvalue weighted by atomic mass is 10.1. The summed E-state index contributed by atoms with van der Waals surface area (Å²) in [6.45, 7) is 6.01. The van der Waals surface area contributed by atoms with Crippen LogP contribution in [0.25, 0.3) is 0 Å². The molecule has 38 heavy (non-hydrogen) atoms. The molecule has 0 aromatic heterocycles. The first-order valence-corrected chi connectivity index (χ1v) is 13.2. The third-order valence-corrected chi connectivity index (χ3v) is 6.62. The van der Waals surface area contributed by atoms with Crippen molar-refractivity contribution in [1.82, 2.24) is 15.1 Å². The van der Waals surface area contributed by atoms with E-state index in [0.717, 1.165) is 51.3 Å². The summed E-state index contributed by atoms with van der Waals surface area (Å²) in [5.74, 6) is -0.226. The number of amides is 3. The van der Waals surface area contributed by atoms with Gasteiger partial charge in [-0.1, -0.05) is 54.6 Å². The summed E-state index contributed by atoms with van der Waals surface area (Å²) in [6.07, 6.45) is 1.66. The number of rotatable bonds is 11. The van der Waals surface area contributed by atoms with Crippen LogP contribution in [0.5, 0.6) is 0 Å². The lowest BCUT2D eigenvalue weighted by Gasteiger charge is -2.28. The maximum absolute atomic E-state index is 13.1. The topological polar surface area (TPSA) is 99.9 Å². The lowest BCUT2D eigenvalue weighted by molar-refractivity contribution is 0.0364. The Morgan fingerprint density at radius 3 is 2.34 bits per heavy atom. The summed E-state index contributed by atoms with van der Waals surface area (Å²) in [6, 6.07) is 24.6. The van der Waals surface area contributed by atoms with Crippen molar-refractivity contribution in [1.29, 1.82) is 0 Å². The number of benzene rings is 3. The van der Waals surface area contributed by atoms with Crippen LogP contribution in [0.15, 0.2) is 78.9 Å². The van der Waals surface area contributed by atoms with Crippen molar-refractivity contribution in [3.63, 3.8) is 0 Å². The number of nitrogens with one attached hydrogen (secondary N) is 2. The fourth-order valence-corrected chi connectivity index (χ4v) is 4.42. The van der Waals surface area contributed by atoms with E-state index in [2.05, 4.69) is 27.7 Å². The Kier molecular flexibility index (Phi) is 10.1. The molecule has 1 fully saturated rings. The van der Waals surface area contributed by atoms with E-state index in [4.69, 9.17) is 10.5 Å². The van der Waals surface area contributed by atoms with Gasteiger partial charge < -0.3 is 26.0 Å². The molecule has 1 saturated heterocycles. The summed E-state index contributed by atoms with van der Waals surface area (Å²) in [5.41, 5.74) is 9.73. The first kappa shape index (κ1) is 27.2. The van der Waals surface area contributed by atoms with E-state index in [-0.39, 0.29) is 11.9 Å². The molecule has 0 spiro atoms. The number of hydrogen-bond donors (Lipinski definition) is 3. The number of urea groups is 1. The molecule has 8 nitrogen and oxygen atoms in total. The molecule has 0 aliphatic carbocycles. The Morgan fingerprint density at radius 1 is 0.895 bits per heavy atom. The van der Waals surface area contributed by atoms with E-state index in [0.29, 0.717) is 36.6 Å². The number of para-hydroxylation sites is 2. The van der Waals surface area contributed by atoms with Crippen LogP contribution in [0.1, 0.15) is 27.9 Å². The highest BCUT2D eigenvalue weighted by molar-refractivity contribution is 6.05. The molecule has 3 aromatic carbocycles. The smallest absolute Gasteiger partial charge is 0.317 e. The van der Waals surface area contributed by atoms with Crippen molar-refractivity contribution in [3.05, 3.63) is 95.6 Å². The van der Waals surface area contributed by atoms with Gasteiger partial charge in [0.25, 0.3) is 5.91 Å². The highest BCUT2D eigenvalue weighted by atomic mass is 16.5. The largest absolute Gasteiger partial charge is 0.397 e. The number of ether oxygens (including phenoxy) is 1. The zero-order chi connectivity index (χ0) is 26.6. The van der Waals surface area contributed by atoms with Crippen molar-refractivity contribution in [2.45, 2.75) is 19.4 Å². The minimum absolute atomic E-state index is 0.0794. The predicted octanol–water partition coefficient (Wildman–Crippen LogP) is 4.00. The fourth-order valence-electron chi connectivity index (χ4n) is 4.42. The lowest BCUT2D eigenvalue weighted by Crippen LogP contribution is -2.42. The van der Waals surface area contributed by atoms with Gasteiger partial charge in [0.05, 0.1) is 24.6 Å². The van der Waals surface area contributed by atoms with Gasteiger partial charge in [-0.2, -0.15) is 0 Å². The average Bonchev–Trinajstić information content (AvgIpc) is 2.95.